The zero-order valence-corrected chi connectivity index (χ0v) is 11.7. The number of hydrogen-bond acceptors (Lipinski definition) is 4. The standard InChI is InChI=1S/C15H17NO5/c1-20-8-2-4-12(10(6-8)15(18)19)16-14(17)11-7-9-3-5-13(11)21-9/h2,4,6,9,11,13H,3,5,7H2,1H3,(H,16,17)(H,18,19). The van der Waals surface area contributed by atoms with Crippen LogP contribution in [0.4, 0.5) is 5.69 Å². The molecule has 6 heteroatoms. The van der Waals surface area contributed by atoms with Crippen LogP contribution in [0.15, 0.2) is 18.2 Å². The molecule has 1 amide bonds. The highest BCUT2D eigenvalue weighted by atomic mass is 16.5. The number of rotatable bonds is 4. The topological polar surface area (TPSA) is 84.9 Å². The van der Waals surface area contributed by atoms with E-state index in [4.69, 9.17) is 9.47 Å². The Balaban J connectivity index is 1.78. The van der Waals surface area contributed by atoms with E-state index < -0.39 is 5.97 Å². The maximum Gasteiger partial charge on any atom is 0.337 e. The number of ether oxygens (including phenoxy) is 2. The lowest BCUT2D eigenvalue weighted by Gasteiger charge is -2.18. The van der Waals surface area contributed by atoms with Crippen LogP contribution in [-0.4, -0.2) is 36.3 Å². The molecule has 0 aliphatic carbocycles. The fraction of sp³-hybridized carbons (Fsp3) is 0.467. The molecule has 1 aromatic rings. The van der Waals surface area contributed by atoms with Crippen molar-refractivity contribution < 1.29 is 24.2 Å². The predicted octanol–water partition coefficient (Wildman–Crippen LogP) is 1.90. The molecular formula is C15H17NO5. The van der Waals surface area contributed by atoms with E-state index in [-0.39, 0.29) is 35.3 Å². The quantitative estimate of drug-likeness (QED) is 0.885. The third-order valence-corrected chi connectivity index (χ3v) is 4.16. The van der Waals surface area contributed by atoms with E-state index in [1.165, 1.54) is 13.2 Å². The van der Waals surface area contributed by atoms with Crippen molar-refractivity contribution in [1.29, 1.82) is 0 Å². The molecule has 2 heterocycles. The number of fused-ring (bicyclic) bond motifs is 2. The fourth-order valence-electron chi connectivity index (χ4n) is 3.08. The third kappa shape index (κ3) is 2.58. The van der Waals surface area contributed by atoms with Gasteiger partial charge in [-0.05, 0) is 37.5 Å². The summed E-state index contributed by atoms with van der Waals surface area (Å²) < 4.78 is 10.7. The highest BCUT2D eigenvalue weighted by Gasteiger charge is 2.44. The average molecular weight is 291 g/mol. The summed E-state index contributed by atoms with van der Waals surface area (Å²) in [7, 11) is 1.46. The highest BCUT2D eigenvalue weighted by molar-refractivity contribution is 6.01. The number of carboxylic acids is 1. The van der Waals surface area contributed by atoms with Gasteiger partial charge in [-0.25, -0.2) is 4.79 Å². The van der Waals surface area contributed by atoms with Gasteiger partial charge in [0.15, 0.2) is 0 Å². The maximum atomic E-state index is 12.3. The van der Waals surface area contributed by atoms with Crippen LogP contribution in [-0.2, 0) is 9.53 Å². The number of benzene rings is 1. The molecule has 2 fully saturated rings. The summed E-state index contributed by atoms with van der Waals surface area (Å²) in [4.78, 5) is 23.6. The van der Waals surface area contributed by atoms with Crippen LogP contribution >= 0.6 is 0 Å². The van der Waals surface area contributed by atoms with Crippen molar-refractivity contribution in [3.63, 3.8) is 0 Å². The number of nitrogens with one attached hydrogen (secondary N) is 1. The number of carbonyl (C=O) groups is 2. The van der Waals surface area contributed by atoms with Crippen LogP contribution < -0.4 is 10.1 Å². The molecule has 3 rings (SSSR count). The number of aromatic carboxylic acids is 1. The first-order valence-electron chi connectivity index (χ1n) is 6.96. The minimum absolute atomic E-state index is 0.0202. The summed E-state index contributed by atoms with van der Waals surface area (Å²) in [5.41, 5.74) is 0.308. The van der Waals surface area contributed by atoms with Gasteiger partial charge >= 0.3 is 5.97 Å². The Morgan fingerprint density at radius 2 is 2.19 bits per heavy atom. The van der Waals surface area contributed by atoms with Crippen molar-refractivity contribution in [3.8, 4) is 5.75 Å². The van der Waals surface area contributed by atoms with Gasteiger partial charge in [-0.15, -0.1) is 0 Å². The summed E-state index contributed by atoms with van der Waals surface area (Å²) >= 11 is 0. The van der Waals surface area contributed by atoms with Gasteiger partial charge in [-0.1, -0.05) is 0 Å². The van der Waals surface area contributed by atoms with Gasteiger partial charge in [-0.2, -0.15) is 0 Å². The number of carbonyl (C=O) groups excluding carboxylic acids is 1. The molecule has 2 aliphatic rings. The summed E-state index contributed by atoms with van der Waals surface area (Å²) in [5.74, 6) is -1.02. The smallest absolute Gasteiger partial charge is 0.337 e. The van der Waals surface area contributed by atoms with E-state index in [2.05, 4.69) is 5.32 Å². The average Bonchev–Trinajstić information content (AvgIpc) is 3.10. The van der Waals surface area contributed by atoms with Crippen molar-refractivity contribution in [3.05, 3.63) is 23.8 Å². The van der Waals surface area contributed by atoms with E-state index in [1.807, 2.05) is 0 Å². The number of anilines is 1. The highest BCUT2D eigenvalue weighted by Crippen LogP contribution is 2.39. The van der Waals surface area contributed by atoms with Crippen LogP contribution in [0.1, 0.15) is 29.6 Å². The lowest BCUT2D eigenvalue weighted by Crippen LogP contribution is -2.31. The molecule has 0 aromatic heterocycles. The van der Waals surface area contributed by atoms with Crippen LogP contribution in [0.3, 0.4) is 0 Å². The molecule has 3 atom stereocenters. The van der Waals surface area contributed by atoms with Crippen LogP contribution in [0, 0.1) is 5.92 Å². The molecule has 2 aliphatic heterocycles. The van der Waals surface area contributed by atoms with Gasteiger partial charge < -0.3 is 19.9 Å². The molecule has 0 radical (unpaired) electrons. The largest absolute Gasteiger partial charge is 0.497 e. The number of methoxy groups -OCH3 is 1. The molecule has 2 saturated heterocycles. The Morgan fingerprint density at radius 1 is 1.38 bits per heavy atom. The van der Waals surface area contributed by atoms with Crippen LogP contribution in [0.2, 0.25) is 0 Å². The molecule has 6 nitrogen and oxygen atoms in total. The van der Waals surface area contributed by atoms with Gasteiger partial charge in [0, 0.05) is 0 Å². The molecule has 2 N–H and O–H groups in total. The van der Waals surface area contributed by atoms with Gasteiger partial charge in [0.2, 0.25) is 5.91 Å². The Morgan fingerprint density at radius 3 is 2.76 bits per heavy atom. The summed E-state index contributed by atoms with van der Waals surface area (Å²) in [6.07, 6.45) is 2.78. The number of amides is 1. The Labute approximate surface area is 122 Å². The zero-order chi connectivity index (χ0) is 15.0. The minimum atomic E-state index is -1.10. The first kappa shape index (κ1) is 13.9. The van der Waals surface area contributed by atoms with E-state index in [0.29, 0.717) is 5.75 Å². The monoisotopic (exact) mass is 291 g/mol. The molecule has 112 valence electrons. The van der Waals surface area contributed by atoms with Crippen molar-refractivity contribution in [1.82, 2.24) is 0 Å². The van der Waals surface area contributed by atoms with Gasteiger partial charge in [0.05, 0.1) is 36.5 Å². The summed E-state index contributed by atoms with van der Waals surface area (Å²) in [6.45, 7) is 0. The predicted molar refractivity (Wildman–Crippen MR) is 74.6 cm³/mol. The molecule has 0 spiro atoms. The Hall–Kier alpha value is -2.08. The van der Waals surface area contributed by atoms with E-state index in [9.17, 15) is 14.7 Å². The van der Waals surface area contributed by atoms with E-state index in [1.54, 1.807) is 12.1 Å². The lowest BCUT2D eigenvalue weighted by atomic mass is 9.88. The molecule has 2 bridgehead atoms. The second-order valence-electron chi connectivity index (χ2n) is 5.42. The van der Waals surface area contributed by atoms with E-state index >= 15 is 0 Å². The van der Waals surface area contributed by atoms with Gasteiger partial charge in [0.1, 0.15) is 5.75 Å². The Kier molecular flexibility index (Phi) is 3.55. The van der Waals surface area contributed by atoms with Crippen LogP contribution in [0.5, 0.6) is 5.75 Å². The first-order chi connectivity index (χ1) is 10.1. The van der Waals surface area contributed by atoms with Crippen molar-refractivity contribution in [2.24, 2.45) is 5.92 Å². The Bertz CT molecular complexity index is 585. The number of hydrogen-bond donors (Lipinski definition) is 2. The molecule has 3 unspecified atom stereocenters. The van der Waals surface area contributed by atoms with Gasteiger partial charge in [0.25, 0.3) is 0 Å². The van der Waals surface area contributed by atoms with Crippen molar-refractivity contribution in [2.45, 2.75) is 31.5 Å². The molecular weight excluding hydrogens is 274 g/mol. The summed E-state index contributed by atoms with van der Waals surface area (Å²) in [5, 5.41) is 12.0. The summed E-state index contributed by atoms with van der Waals surface area (Å²) in [6, 6.07) is 4.57. The van der Waals surface area contributed by atoms with Crippen LogP contribution in [0.25, 0.3) is 0 Å². The SMILES string of the molecule is COc1ccc(NC(=O)C2CC3CCC2O3)c(C(=O)O)c1. The molecule has 21 heavy (non-hydrogen) atoms. The zero-order valence-electron chi connectivity index (χ0n) is 11.7. The lowest BCUT2D eigenvalue weighted by molar-refractivity contribution is -0.121. The molecule has 1 aromatic carbocycles. The van der Waals surface area contributed by atoms with E-state index in [0.717, 1.165) is 19.3 Å². The second-order valence-corrected chi connectivity index (χ2v) is 5.42. The maximum absolute atomic E-state index is 12.3. The fourth-order valence-corrected chi connectivity index (χ4v) is 3.08. The number of carboxylic acid groups (broad SMARTS) is 1. The normalized spacial score (nSPS) is 26.6. The van der Waals surface area contributed by atoms with Crippen molar-refractivity contribution in [2.75, 3.05) is 12.4 Å². The molecule has 0 saturated carbocycles. The minimum Gasteiger partial charge on any atom is -0.497 e. The first-order valence-corrected chi connectivity index (χ1v) is 6.96. The van der Waals surface area contributed by atoms with Gasteiger partial charge in [-0.3, -0.25) is 4.79 Å². The second kappa shape index (κ2) is 5.37. The van der Waals surface area contributed by atoms with Crippen molar-refractivity contribution >= 4 is 17.6 Å². The third-order valence-electron chi connectivity index (χ3n) is 4.16.